The monoisotopic (exact) mass is 790 g/mol. The second-order valence-electron chi connectivity index (χ2n) is 17.7. The van der Waals surface area contributed by atoms with Crippen LogP contribution in [0.5, 0.6) is 0 Å². The van der Waals surface area contributed by atoms with Crippen LogP contribution in [0.15, 0.2) is 103 Å². The lowest BCUT2D eigenvalue weighted by atomic mass is 9.79. The molecule has 1 fully saturated rings. The van der Waals surface area contributed by atoms with E-state index in [1.54, 1.807) is 0 Å². The first kappa shape index (κ1) is 44.9. The summed E-state index contributed by atoms with van der Waals surface area (Å²) < 4.78 is 20.5. The number of ketones is 1. The van der Waals surface area contributed by atoms with Crippen molar-refractivity contribution >= 4 is 11.7 Å². The maximum atomic E-state index is 12.9. The second kappa shape index (κ2) is 20.7. The number of aliphatic hydroxyl groups is 1. The molecular weight excluding hydrogens is 725 g/mol. The molecule has 1 amide bonds. The van der Waals surface area contributed by atoms with Crippen molar-refractivity contribution in [1.82, 2.24) is 10.2 Å². The first-order chi connectivity index (χ1) is 27.6. The Morgan fingerprint density at radius 3 is 1.97 bits per heavy atom. The molecule has 312 valence electrons. The average Bonchev–Trinajstić information content (AvgIpc) is 3.18. The third-order valence-electron chi connectivity index (χ3n) is 11.3. The number of Topliss-reactive ketones (excluding diaryl/α,β-unsaturated/α-hetero) is 1. The predicted molar refractivity (Wildman–Crippen MR) is 231 cm³/mol. The molecular formula is C50H66N2O6. The van der Waals surface area contributed by atoms with Gasteiger partial charge in [-0.25, -0.2) is 0 Å². The number of aryl methyl sites for hydroxylation is 2. The molecule has 4 aromatic rings. The minimum absolute atomic E-state index is 0.0773. The van der Waals surface area contributed by atoms with E-state index in [1.165, 1.54) is 22.3 Å². The normalized spacial score (nSPS) is 19.9. The molecule has 1 heterocycles. The molecule has 1 saturated heterocycles. The van der Waals surface area contributed by atoms with Gasteiger partial charge in [-0.2, -0.15) is 0 Å². The molecule has 0 aliphatic carbocycles. The molecule has 8 heteroatoms. The number of hydrogen-bond acceptors (Lipinski definition) is 7. The van der Waals surface area contributed by atoms with E-state index in [-0.39, 0.29) is 30.1 Å². The van der Waals surface area contributed by atoms with E-state index in [1.807, 2.05) is 83.1 Å². The van der Waals surface area contributed by atoms with Gasteiger partial charge in [-0.3, -0.25) is 9.59 Å². The van der Waals surface area contributed by atoms with Gasteiger partial charge in [0.05, 0.1) is 36.4 Å². The van der Waals surface area contributed by atoms with Crippen LogP contribution in [0.4, 0.5) is 0 Å². The van der Waals surface area contributed by atoms with Gasteiger partial charge < -0.3 is 29.5 Å². The van der Waals surface area contributed by atoms with Crippen LogP contribution in [0.2, 0.25) is 0 Å². The smallest absolute Gasteiger partial charge is 0.226 e. The quantitative estimate of drug-likeness (QED) is 0.0926. The summed E-state index contributed by atoms with van der Waals surface area (Å²) in [5.41, 5.74) is 6.04. The highest BCUT2D eigenvalue weighted by Gasteiger charge is 2.50. The van der Waals surface area contributed by atoms with E-state index >= 15 is 0 Å². The van der Waals surface area contributed by atoms with Crippen LogP contribution in [0.3, 0.4) is 0 Å². The molecule has 0 spiro atoms. The molecule has 58 heavy (non-hydrogen) atoms. The molecule has 5 rings (SSSR count). The number of ether oxygens (including phenoxy) is 3. The Balaban J connectivity index is 1.28. The lowest BCUT2D eigenvalue weighted by Crippen LogP contribution is -2.57. The minimum atomic E-state index is -1.11. The summed E-state index contributed by atoms with van der Waals surface area (Å²) in [7, 11) is 3.93. The number of carbonyl (C=O) groups is 2. The van der Waals surface area contributed by atoms with Crippen LogP contribution in [-0.2, 0) is 49.9 Å². The van der Waals surface area contributed by atoms with Crippen LogP contribution in [0, 0.1) is 18.3 Å². The van der Waals surface area contributed by atoms with Crippen LogP contribution in [0.1, 0.15) is 98.9 Å². The van der Waals surface area contributed by atoms with Crippen molar-refractivity contribution < 1.29 is 28.9 Å². The van der Waals surface area contributed by atoms with Crippen molar-refractivity contribution in [1.29, 1.82) is 0 Å². The van der Waals surface area contributed by atoms with E-state index < -0.39 is 29.3 Å². The first-order valence-electron chi connectivity index (χ1n) is 20.9. The Hall–Kier alpha value is -4.18. The van der Waals surface area contributed by atoms with E-state index in [0.717, 1.165) is 42.5 Å². The fourth-order valence-electron chi connectivity index (χ4n) is 7.93. The van der Waals surface area contributed by atoms with Gasteiger partial charge in [0, 0.05) is 31.8 Å². The fraction of sp³-hybridized carbons (Fsp3) is 0.480. The summed E-state index contributed by atoms with van der Waals surface area (Å²) in [5, 5.41) is 14.4. The highest BCUT2D eigenvalue weighted by atomic mass is 16.6. The number of nitrogens with zero attached hydrogens (tertiary/aromatic N) is 1. The maximum Gasteiger partial charge on any atom is 0.226 e. The fourth-order valence-corrected chi connectivity index (χ4v) is 7.93. The average molecular weight is 791 g/mol. The Morgan fingerprint density at radius 1 is 0.793 bits per heavy atom. The van der Waals surface area contributed by atoms with Gasteiger partial charge in [0.15, 0.2) is 0 Å². The standard InChI is InChI=1S/C50H66N2O6/c1-35-22-27-41(31-42(35)30-38-25-23-37(24-26-38)20-15-21-43(53)32-49(3,4)48(54)51-28-29-52(7)8)45-46(57-34-40-18-13-10-14-19-40)44(36(2)47(58-45)50(5,6)55)56-33-39-16-11-9-12-17-39/h9-14,16-19,22-27,31,36,44-47,55H,15,20-21,28-30,32-34H2,1-8H3,(H,51,54)/t36-,44-,45-,46+,47-/m0/s1. The van der Waals surface area contributed by atoms with Gasteiger partial charge in [0.1, 0.15) is 18.0 Å². The van der Waals surface area contributed by atoms with Crippen molar-refractivity contribution in [3.8, 4) is 0 Å². The summed E-state index contributed by atoms with van der Waals surface area (Å²) in [6.07, 6.45) is 1.21. The van der Waals surface area contributed by atoms with E-state index in [2.05, 4.69) is 85.9 Å². The summed E-state index contributed by atoms with van der Waals surface area (Å²) in [5.74, 6) is -0.114. The Bertz CT molecular complexity index is 1890. The number of rotatable bonds is 20. The van der Waals surface area contributed by atoms with E-state index in [0.29, 0.717) is 26.2 Å². The molecule has 5 atom stereocenters. The van der Waals surface area contributed by atoms with Gasteiger partial charge in [0.25, 0.3) is 0 Å². The summed E-state index contributed by atoms with van der Waals surface area (Å²) in [6, 6.07) is 35.5. The minimum Gasteiger partial charge on any atom is -0.388 e. The van der Waals surface area contributed by atoms with Crippen LogP contribution < -0.4 is 5.32 Å². The van der Waals surface area contributed by atoms with Gasteiger partial charge in [-0.15, -0.1) is 0 Å². The van der Waals surface area contributed by atoms with Gasteiger partial charge in [-0.1, -0.05) is 124 Å². The SMILES string of the molecule is Cc1ccc([C@@H]2O[C@H](C(C)(C)O)[C@@H](C)[C@H](OCc3ccccc3)[C@H]2OCc2ccccc2)cc1Cc1ccc(CCCC(=O)CC(C)(C)C(=O)NCCN(C)C)cc1. The highest BCUT2D eigenvalue weighted by molar-refractivity contribution is 5.89. The highest BCUT2D eigenvalue weighted by Crippen LogP contribution is 2.43. The molecule has 0 bridgehead atoms. The number of hydrogen-bond donors (Lipinski definition) is 2. The molecule has 0 unspecified atom stereocenters. The zero-order valence-electron chi connectivity index (χ0n) is 36.0. The number of likely N-dealkylation sites (N-methyl/N-ethyl adjacent to an activating group) is 1. The summed E-state index contributed by atoms with van der Waals surface area (Å²) >= 11 is 0. The van der Waals surface area contributed by atoms with Crippen molar-refractivity contribution in [2.75, 3.05) is 27.2 Å². The third-order valence-corrected chi connectivity index (χ3v) is 11.3. The van der Waals surface area contributed by atoms with Gasteiger partial charge >= 0.3 is 0 Å². The topological polar surface area (TPSA) is 97.3 Å². The van der Waals surface area contributed by atoms with Crippen LogP contribution in [-0.4, -0.2) is 72.8 Å². The Labute approximate surface area is 347 Å². The van der Waals surface area contributed by atoms with Gasteiger partial charge in [0.2, 0.25) is 5.91 Å². The molecule has 0 aromatic heterocycles. The number of nitrogens with one attached hydrogen (secondary N) is 1. The molecule has 0 radical (unpaired) electrons. The van der Waals surface area contributed by atoms with E-state index in [9.17, 15) is 14.7 Å². The largest absolute Gasteiger partial charge is 0.388 e. The maximum absolute atomic E-state index is 12.9. The van der Waals surface area contributed by atoms with Crippen molar-refractivity contribution in [2.45, 2.75) is 117 Å². The summed E-state index contributed by atoms with van der Waals surface area (Å²) in [6.45, 7) is 13.7. The zero-order valence-corrected chi connectivity index (χ0v) is 36.0. The molecule has 4 aromatic carbocycles. The number of carbonyl (C=O) groups excluding carboxylic acids is 2. The Kier molecular flexibility index (Phi) is 16.0. The predicted octanol–water partition coefficient (Wildman–Crippen LogP) is 8.59. The van der Waals surface area contributed by atoms with Crippen molar-refractivity contribution in [3.05, 3.63) is 142 Å². The van der Waals surface area contributed by atoms with Crippen LogP contribution >= 0.6 is 0 Å². The first-order valence-corrected chi connectivity index (χ1v) is 20.9. The second-order valence-corrected chi connectivity index (χ2v) is 17.7. The Morgan fingerprint density at radius 2 is 1.38 bits per heavy atom. The third kappa shape index (κ3) is 12.9. The van der Waals surface area contributed by atoms with Gasteiger partial charge in [-0.05, 0) is 93.1 Å². The van der Waals surface area contributed by atoms with Crippen molar-refractivity contribution in [2.24, 2.45) is 11.3 Å². The van der Waals surface area contributed by atoms with Crippen LogP contribution in [0.25, 0.3) is 0 Å². The molecule has 0 saturated carbocycles. The summed E-state index contributed by atoms with van der Waals surface area (Å²) in [4.78, 5) is 27.6. The molecule has 2 N–H and O–H groups in total. The molecule has 8 nitrogen and oxygen atoms in total. The lowest BCUT2D eigenvalue weighted by Gasteiger charge is -2.49. The number of benzene rings is 4. The lowest BCUT2D eigenvalue weighted by molar-refractivity contribution is -0.264. The zero-order chi connectivity index (χ0) is 41.9. The van der Waals surface area contributed by atoms with E-state index in [4.69, 9.17) is 14.2 Å². The van der Waals surface area contributed by atoms with Crippen molar-refractivity contribution in [3.63, 3.8) is 0 Å². The molecule has 1 aliphatic heterocycles. The number of amides is 1. The molecule has 1 aliphatic rings.